The van der Waals surface area contributed by atoms with Crippen molar-refractivity contribution >= 4 is 11.8 Å². The lowest BCUT2D eigenvalue weighted by Gasteiger charge is -2.23. The number of hydrogen-bond donors (Lipinski definition) is 3. The second-order valence-electron chi connectivity index (χ2n) is 6.42. The van der Waals surface area contributed by atoms with E-state index in [1.807, 2.05) is 18.2 Å². The number of fused-ring (bicyclic) bond motifs is 1. The molecule has 0 saturated carbocycles. The van der Waals surface area contributed by atoms with Crippen LogP contribution >= 0.6 is 0 Å². The molecule has 1 heterocycles. The van der Waals surface area contributed by atoms with Crippen LogP contribution in [0.5, 0.6) is 11.5 Å². The number of amides is 2. The highest BCUT2D eigenvalue weighted by Gasteiger charge is 2.21. The average molecular weight is 350 g/mol. The normalized spacial score (nSPS) is 14.6. The first-order chi connectivity index (χ1) is 12.0. The first-order valence-electron chi connectivity index (χ1n) is 8.72. The molecule has 4 N–H and O–H groups in total. The lowest BCUT2D eigenvalue weighted by molar-refractivity contribution is -0.633. The summed E-state index contributed by atoms with van der Waals surface area (Å²) in [4.78, 5) is 23.4. The van der Waals surface area contributed by atoms with E-state index in [-0.39, 0.29) is 36.9 Å². The summed E-state index contributed by atoms with van der Waals surface area (Å²) in [5.41, 5.74) is 0.985. The van der Waals surface area contributed by atoms with Crippen LogP contribution in [0.4, 0.5) is 0 Å². The fraction of sp³-hybridized carbons (Fsp3) is 0.556. The predicted molar refractivity (Wildman–Crippen MR) is 93.5 cm³/mol. The fourth-order valence-corrected chi connectivity index (χ4v) is 2.68. The van der Waals surface area contributed by atoms with Crippen molar-refractivity contribution in [1.29, 1.82) is 0 Å². The van der Waals surface area contributed by atoms with Gasteiger partial charge < -0.3 is 25.4 Å². The summed E-state index contributed by atoms with van der Waals surface area (Å²) in [7, 11) is 1.58. The summed E-state index contributed by atoms with van der Waals surface area (Å²) in [5.74, 6) is 1.48. The maximum Gasteiger partial charge on any atom is 0.275 e. The van der Waals surface area contributed by atoms with E-state index in [1.54, 1.807) is 12.4 Å². The van der Waals surface area contributed by atoms with Gasteiger partial charge in [-0.05, 0) is 23.6 Å². The molecule has 1 aliphatic rings. The largest absolute Gasteiger partial charge is 0.490 e. The molecule has 0 radical (unpaired) electrons. The lowest BCUT2D eigenvalue weighted by Crippen LogP contribution is -2.88. The van der Waals surface area contributed by atoms with Crippen molar-refractivity contribution in [2.75, 3.05) is 33.4 Å². The third kappa shape index (κ3) is 5.63. The van der Waals surface area contributed by atoms with Gasteiger partial charge in [0.15, 0.2) is 24.6 Å². The number of carbonyl (C=O) groups is 2. The Labute approximate surface area is 148 Å². The molecule has 25 heavy (non-hydrogen) atoms. The summed E-state index contributed by atoms with van der Waals surface area (Å²) in [6.07, 6.45) is 0.857. The van der Waals surface area contributed by atoms with Gasteiger partial charge in [-0.1, -0.05) is 19.9 Å². The number of carbonyl (C=O) groups excluding carboxylic acids is 2. The van der Waals surface area contributed by atoms with Crippen molar-refractivity contribution in [2.45, 2.75) is 26.3 Å². The number of ether oxygens (including phenoxy) is 2. The van der Waals surface area contributed by atoms with E-state index in [1.165, 1.54) is 0 Å². The van der Waals surface area contributed by atoms with E-state index < -0.39 is 0 Å². The SMILES string of the molecule is CNC(=O)C[NH2+]CC(=O)N[C@@H](c1ccc2c(c1)OCCCO2)C(C)C. The van der Waals surface area contributed by atoms with E-state index in [9.17, 15) is 9.59 Å². The van der Waals surface area contributed by atoms with Gasteiger partial charge in [0, 0.05) is 13.5 Å². The molecule has 138 valence electrons. The second-order valence-corrected chi connectivity index (χ2v) is 6.42. The smallest absolute Gasteiger partial charge is 0.275 e. The molecule has 0 aromatic heterocycles. The van der Waals surface area contributed by atoms with Crippen molar-refractivity contribution in [3.63, 3.8) is 0 Å². The Kier molecular flexibility index (Phi) is 7.06. The molecule has 1 aromatic carbocycles. The Morgan fingerprint density at radius 2 is 1.80 bits per heavy atom. The molecule has 0 bridgehead atoms. The molecule has 1 aliphatic heterocycles. The molecule has 2 amide bonds. The third-order valence-electron chi connectivity index (χ3n) is 4.05. The summed E-state index contributed by atoms with van der Waals surface area (Å²) in [6.45, 7) is 5.84. The minimum atomic E-state index is -0.127. The van der Waals surface area contributed by atoms with Gasteiger partial charge in [-0.2, -0.15) is 0 Å². The molecular weight excluding hydrogens is 322 g/mol. The Morgan fingerprint density at radius 3 is 2.48 bits per heavy atom. The van der Waals surface area contributed by atoms with Crippen molar-refractivity contribution in [3.05, 3.63) is 23.8 Å². The van der Waals surface area contributed by atoms with Crippen molar-refractivity contribution < 1.29 is 24.4 Å². The Morgan fingerprint density at radius 1 is 1.12 bits per heavy atom. The van der Waals surface area contributed by atoms with Crippen LogP contribution in [0, 0.1) is 5.92 Å². The van der Waals surface area contributed by atoms with Gasteiger partial charge in [-0.25, -0.2) is 0 Å². The quantitative estimate of drug-likeness (QED) is 0.644. The van der Waals surface area contributed by atoms with Crippen LogP contribution in [0.3, 0.4) is 0 Å². The van der Waals surface area contributed by atoms with Crippen molar-refractivity contribution in [3.8, 4) is 11.5 Å². The molecule has 1 atom stereocenters. The van der Waals surface area contributed by atoms with Gasteiger partial charge in [0.25, 0.3) is 11.8 Å². The minimum Gasteiger partial charge on any atom is -0.490 e. The molecule has 2 rings (SSSR count). The van der Waals surface area contributed by atoms with E-state index in [2.05, 4.69) is 24.5 Å². The summed E-state index contributed by atoms with van der Waals surface area (Å²) >= 11 is 0. The van der Waals surface area contributed by atoms with Crippen LogP contribution in [0.25, 0.3) is 0 Å². The number of rotatable bonds is 7. The lowest BCUT2D eigenvalue weighted by atomic mass is 9.95. The molecule has 0 aliphatic carbocycles. The van der Waals surface area contributed by atoms with Crippen LogP contribution in [-0.2, 0) is 9.59 Å². The van der Waals surface area contributed by atoms with Gasteiger partial charge in [0.1, 0.15) is 0 Å². The van der Waals surface area contributed by atoms with Crippen LogP contribution in [0.2, 0.25) is 0 Å². The number of quaternary nitrogens is 1. The van der Waals surface area contributed by atoms with E-state index in [0.29, 0.717) is 13.2 Å². The topological polar surface area (TPSA) is 93.3 Å². The molecule has 7 nitrogen and oxygen atoms in total. The zero-order valence-electron chi connectivity index (χ0n) is 15.1. The van der Waals surface area contributed by atoms with Gasteiger partial charge in [-0.15, -0.1) is 0 Å². The van der Waals surface area contributed by atoms with Crippen molar-refractivity contribution in [2.24, 2.45) is 5.92 Å². The zero-order chi connectivity index (χ0) is 18.2. The molecular formula is C18H28N3O4+. The van der Waals surface area contributed by atoms with Crippen LogP contribution in [-0.4, -0.2) is 45.2 Å². The number of hydrogen-bond acceptors (Lipinski definition) is 4. The fourth-order valence-electron chi connectivity index (χ4n) is 2.68. The molecule has 0 unspecified atom stereocenters. The Hall–Kier alpha value is -2.28. The predicted octanol–water partition coefficient (Wildman–Crippen LogP) is -0.0294. The number of nitrogens with one attached hydrogen (secondary N) is 2. The maximum absolute atomic E-state index is 12.2. The van der Waals surface area contributed by atoms with Gasteiger partial charge in [0.05, 0.1) is 19.3 Å². The van der Waals surface area contributed by atoms with E-state index in [0.717, 1.165) is 23.5 Å². The average Bonchev–Trinajstić information content (AvgIpc) is 2.83. The summed E-state index contributed by atoms with van der Waals surface area (Å²) < 4.78 is 11.4. The maximum atomic E-state index is 12.2. The van der Waals surface area contributed by atoms with E-state index >= 15 is 0 Å². The Bertz CT molecular complexity index is 604. The van der Waals surface area contributed by atoms with Crippen LogP contribution < -0.4 is 25.4 Å². The monoisotopic (exact) mass is 350 g/mol. The molecule has 0 saturated heterocycles. The van der Waals surface area contributed by atoms with Gasteiger partial charge in [-0.3, -0.25) is 9.59 Å². The second kappa shape index (κ2) is 9.27. The highest BCUT2D eigenvalue weighted by Crippen LogP contribution is 2.34. The van der Waals surface area contributed by atoms with Crippen molar-refractivity contribution in [1.82, 2.24) is 10.6 Å². The first-order valence-corrected chi connectivity index (χ1v) is 8.72. The summed E-state index contributed by atoms with van der Waals surface area (Å²) in [6, 6.07) is 5.68. The highest BCUT2D eigenvalue weighted by atomic mass is 16.5. The van der Waals surface area contributed by atoms with E-state index in [4.69, 9.17) is 9.47 Å². The first kappa shape index (κ1) is 19.1. The highest BCUT2D eigenvalue weighted by molar-refractivity contribution is 5.78. The molecule has 1 aromatic rings. The molecule has 7 heteroatoms. The Balaban J connectivity index is 2.01. The standard InChI is InChI=1S/C18H27N3O4/c1-12(2)18(21-17(23)11-20-10-16(22)19-3)13-5-6-14-15(9-13)25-8-4-7-24-14/h5-6,9,12,18,20H,4,7-8,10-11H2,1-3H3,(H,19,22)(H,21,23)/p+1/t18-/m1/s1. The summed E-state index contributed by atoms with van der Waals surface area (Å²) in [5, 5.41) is 7.26. The minimum absolute atomic E-state index is 0.101. The van der Waals surface area contributed by atoms with Crippen LogP contribution in [0.1, 0.15) is 31.9 Å². The zero-order valence-corrected chi connectivity index (χ0v) is 15.1. The third-order valence-corrected chi connectivity index (χ3v) is 4.05. The van der Waals surface area contributed by atoms with Gasteiger partial charge in [0.2, 0.25) is 0 Å². The number of benzene rings is 1. The number of nitrogens with two attached hydrogens (primary N) is 1. The molecule has 0 spiro atoms. The molecule has 0 fully saturated rings. The van der Waals surface area contributed by atoms with Crippen LogP contribution in [0.15, 0.2) is 18.2 Å². The number of likely N-dealkylation sites (N-methyl/N-ethyl adjacent to an activating group) is 1. The van der Waals surface area contributed by atoms with Gasteiger partial charge >= 0.3 is 0 Å².